The summed E-state index contributed by atoms with van der Waals surface area (Å²) >= 11 is 5.51. The molecule has 1 saturated heterocycles. The summed E-state index contributed by atoms with van der Waals surface area (Å²) in [6, 6.07) is 4.75. The van der Waals surface area contributed by atoms with Crippen LogP contribution in [0.1, 0.15) is 18.4 Å². The predicted molar refractivity (Wildman–Crippen MR) is 73.0 cm³/mol. The standard InChI is InChI=1S/C15H16ClFO2/c16-7-2-1-3-13-4-5-14(9-15(13)17)19-11-12-6-8-18-10-12/h4-5,9,12H,2,6-8,10-11H2. The molecule has 1 aliphatic heterocycles. The van der Waals surface area contributed by atoms with Crippen LogP contribution in [0.3, 0.4) is 0 Å². The first-order chi connectivity index (χ1) is 9.29. The van der Waals surface area contributed by atoms with Gasteiger partial charge in [-0.25, -0.2) is 4.39 Å². The Kier molecular flexibility index (Phi) is 5.50. The van der Waals surface area contributed by atoms with Gasteiger partial charge in [0.15, 0.2) is 0 Å². The molecule has 1 heterocycles. The molecule has 2 nitrogen and oxygen atoms in total. The van der Waals surface area contributed by atoms with E-state index in [1.165, 1.54) is 6.07 Å². The molecule has 1 atom stereocenters. The lowest BCUT2D eigenvalue weighted by atomic mass is 10.1. The number of benzene rings is 1. The average molecular weight is 283 g/mol. The van der Waals surface area contributed by atoms with Crippen LogP contribution in [0.15, 0.2) is 18.2 Å². The second-order valence-corrected chi connectivity index (χ2v) is 4.80. The minimum Gasteiger partial charge on any atom is -0.493 e. The molecule has 19 heavy (non-hydrogen) atoms. The maximum atomic E-state index is 13.7. The molecule has 1 fully saturated rings. The summed E-state index contributed by atoms with van der Waals surface area (Å²) in [5, 5.41) is 0. The summed E-state index contributed by atoms with van der Waals surface area (Å²) in [5.74, 6) is 6.60. The van der Waals surface area contributed by atoms with Crippen molar-refractivity contribution < 1.29 is 13.9 Å². The second kappa shape index (κ2) is 7.37. The first kappa shape index (κ1) is 14.2. The molecule has 0 spiro atoms. The average Bonchev–Trinajstić information content (AvgIpc) is 2.92. The van der Waals surface area contributed by atoms with E-state index in [1.807, 2.05) is 0 Å². The molecule has 0 bridgehead atoms. The summed E-state index contributed by atoms with van der Waals surface area (Å²) in [4.78, 5) is 0. The fourth-order valence-electron chi connectivity index (χ4n) is 1.82. The summed E-state index contributed by atoms with van der Waals surface area (Å²) in [6.45, 7) is 2.08. The Balaban J connectivity index is 1.92. The second-order valence-electron chi connectivity index (χ2n) is 4.42. The van der Waals surface area contributed by atoms with Gasteiger partial charge >= 0.3 is 0 Å². The van der Waals surface area contributed by atoms with E-state index in [0.29, 0.717) is 36.1 Å². The lowest BCUT2D eigenvalue weighted by Gasteiger charge is -2.10. The van der Waals surface area contributed by atoms with Gasteiger partial charge in [0, 0.05) is 30.9 Å². The van der Waals surface area contributed by atoms with Crippen LogP contribution in [0.2, 0.25) is 0 Å². The number of halogens is 2. The van der Waals surface area contributed by atoms with E-state index in [9.17, 15) is 4.39 Å². The van der Waals surface area contributed by atoms with E-state index in [0.717, 1.165) is 19.6 Å². The van der Waals surface area contributed by atoms with E-state index in [4.69, 9.17) is 21.1 Å². The van der Waals surface area contributed by atoms with Gasteiger partial charge in [-0.15, -0.1) is 11.6 Å². The fraction of sp³-hybridized carbons (Fsp3) is 0.467. The lowest BCUT2D eigenvalue weighted by molar-refractivity contribution is 0.167. The Morgan fingerprint density at radius 3 is 3.05 bits per heavy atom. The molecule has 4 heteroatoms. The summed E-state index contributed by atoms with van der Waals surface area (Å²) in [5.41, 5.74) is 0.377. The Bertz CT molecular complexity index is 473. The van der Waals surface area contributed by atoms with Crippen molar-refractivity contribution in [1.29, 1.82) is 0 Å². The van der Waals surface area contributed by atoms with Gasteiger partial charge in [0.25, 0.3) is 0 Å². The fourth-order valence-corrected chi connectivity index (χ4v) is 1.92. The first-order valence-electron chi connectivity index (χ1n) is 6.34. The lowest BCUT2D eigenvalue weighted by Crippen LogP contribution is -2.11. The van der Waals surface area contributed by atoms with Crippen LogP contribution in [-0.2, 0) is 4.74 Å². The van der Waals surface area contributed by atoms with Gasteiger partial charge in [0.05, 0.1) is 18.8 Å². The Morgan fingerprint density at radius 2 is 2.37 bits per heavy atom. The molecule has 0 saturated carbocycles. The van der Waals surface area contributed by atoms with Gasteiger partial charge in [-0.05, 0) is 18.6 Å². The molecule has 0 radical (unpaired) electrons. The third-order valence-electron chi connectivity index (χ3n) is 2.89. The van der Waals surface area contributed by atoms with E-state index >= 15 is 0 Å². The Labute approximate surface area is 117 Å². The van der Waals surface area contributed by atoms with Crippen LogP contribution in [0, 0.1) is 23.6 Å². The third-order valence-corrected chi connectivity index (χ3v) is 3.08. The van der Waals surface area contributed by atoms with Crippen molar-refractivity contribution in [3.8, 4) is 17.6 Å². The van der Waals surface area contributed by atoms with E-state index in [1.54, 1.807) is 12.1 Å². The topological polar surface area (TPSA) is 18.5 Å². The van der Waals surface area contributed by atoms with Crippen LogP contribution in [0.4, 0.5) is 4.39 Å². The van der Waals surface area contributed by atoms with Crippen molar-refractivity contribution in [2.45, 2.75) is 12.8 Å². The van der Waals surface area contributed by atoms with Crippen molar-refractivity contribution in [3.05, 3.63) is 29.6 Å². The third kappa shape index (κ3) is 4.41. The number of hydrogen-bond donors (Lipinski definition) is 0. The van der Waals surface area contributed by atoms with Crippen molar-refractivity contribution in [3.63, 3.8) is 0 Å². The van der Waals surface area contributed by atoms with Crippen molar-refractivity contribution >= 4 is 11.6 Å². The van der Waals surface area contributed by atoms with Gasteiger partial charge in [-0.3, -0.25) is 0 Å². The monoisotopic (exact) mass is 282 g/mol. The summed E-state index contributed by atoms with van der Waals surface area (Å²) in [6.07, 6.45) is 1.56. The molecule has 1 aliphatic rings. The number of hydrogen-bond acceptors (Lipinski definition) is 2. The Morgan fingerprint density at radius 1 is 1.47 bits per heavy atom. The van der Waals surface area contributed by atoms with Gasteiger partial charge in [-0.1, -0.05) is 11.8 Å². The molecule has 1 unspecified atom stereocenters. The summed E-state index contributed by atoms with van der Waals surface area (Å²) < 4.78 is 24.6. The highest BCUT2D eigenvalue weighted by molar-refractivity contribution is 6.18. The van der Waals surface area contributed by atoms with E-state index in [2.05, 4.69) is 11.8 Å². The molecular weight excluding hydrogens is 267 g/mol. The highest BCUT2D eigenvalue weighted by Crippen LogP contribution is 2.19. The molecule has 0 amide bonds. The normalized spacial score (nSPS) is 17.9. The molecule has 102 valence electrons. The molecule has 1 aromatic rings. The van der Waals surface area contributed by atoms with Crippen molar-refractivity contribution in [2.24, 2.45) is 5.92 Å². The van der Waals surface area contributed by atoms with Crippen LogP contribution in [0.5, 0.6) is 5.75 Å². The van der Waals surface area contributed by atoms with E-state index in [-0.39, 0.29) is 5.82 Å². The van der Waals surface area contributed by atoms with Crippen molar-refractivity contribution in [1.82, 2.24) is 0 Å². The molecule has 2 rings (SSSR count). The number of ether oxygens (including phenoxy) is 2. The predicted octanol–water partition coefficient (Wildman–Crippen LogP) is 3.22. The van der Waals surface area contributed by atoms with Gasteiger partial charge < -0.3 is 9.47 Å². The van der Waals surface area contributed by atoms with Crippen LogP contribution in [-0.4, -0.2) is 25.7 Å². The minimum absolute atomic E-state index is 0.359. The minimum atomic E-state index is -0.359. The molecule has 0 aliphatic carbocycles. The quantitative estimate of drug-likeness (QED) is 0.624. The van der Waals surface area contributed by atoms with E-state index < -0.39 is 0 Å². The highest BCUT2D eigenvalue weighted by Gasteiger charge is 2.16. The zero-order valence-corrected chi connectivity index (χ0v) is 11.4. The molecular formula is C15H16ClFO2. The van der Waals surface area contributed by atoms with Crippen molar-refractivity contribution in [2.75, 3.05) is 25.7 Å². The zero-order valence-electron chi connectivity index (χ0n) is 10.6. The van der Waals surface area contributed by atoms with Crippen LogP contribution in [0.25, 0.3) is 0 Å². The largest absolute Gasteiger partial charge is 0.493 e. The molecule has 1 aromatic carbocycles. The Hall–Kier alpha value is -1.24. The SMILES string of the molecule is Fc1cc(OCC2CCOC2)ccc1C#CCCCl. The van der Waals surface area contributed by atoms with Crippen LogP contribution < -0.4 is 4.74 Å². The number of rotatable bonds is 4. The van der Waals surface area contributed by atoms with Gasteiger partial charge in [0.1, 0.15) is 11.6 Å². The zero-order chi connectivity index (χ0) is 13.5. The first-order valence-corrected chi connectivity index (χ1v) is 6.88. The molecule has 0 N–H and O–H groups in total. The summed E-state index contributed by atoms with van der Waals surface area (Å²) in [7, 11) is 0. The smallest absolute Gasteiger partial charge is 0.142 e. The highest BCUT2D eigenvalue weighted by atomic mass is 35.5. The van der Waals surface area contributed by atoms with Gasteiger partial charge in [-0.2, -0.15) is 0 Å². The maximum Gasteiger partial charge on any atom is 0.142 e. The van der Waals surface area contributed by atoms with Crippen LogP contribution >= 0.6 is 11.6 Å². The van der Waals surface area contributed by atoms with Gasteiger partial charge in [0.2, 0.25) is 0 Å². The molecule has 0 aromatic heterocycles. The number of alkyl halides is 1. The maximum absolute atomic E-state index is 13.7.